The number of nitrogens with two attached hydrogens (primary N) is 1. The third-order valence-electron chi connectivity index (χ3n) is 4.99. The molecule has 0 aliphatic heterocycles. The second-order valence-corrected chi connectivity index (χ2v) is 5.57. The lowest BCUT2D eigenvalue weighted by molar-refractivity contribution is 0.131. The molecule has 2 saturated carbocycles. The highest BCUT2D eigenvalue weighted by Crippen LogP contribution is 2.69. The molecule has 0 amide bonds. The fourth-order valence-electron chi connectivity index (χ4n) is 3.58. The van der Waals surface area contributed by atoms with Crippen molar-refractivity contribution < 1.29 is 5.11 Å². The van der Waals surface area contributed by atoms with E-state index in [-0.39, 0.29) is 12.0 Å². The quantitative estimate of drug-likeness (QED) is 0.726. The largest absolute Gasteiger partial charge is 0.396 e. The molecule has 2 aliphatic carbocycles. The lowest BCUT2D eigenvalue weighted by atomic mass is 9.74. The van der Waals surface area contributed by atoms with Crippen molar-refractivity contribution in [1.29, 1.82) is 0 Å². The molecule has 0 spiro atoms. The third-order valence-corrected chi connectivity index (χ3v) is 4.99. The Morgan fingerprint density at radius 1 is 1.29 bits per heavy atom. The molecular weight excluding hydrogens is 174 g/mol. The summed E-state index contributed by atoms with van der Waals surface area (Å²) in [5.41, 5.74) is 6.24. The van der Waals surface area contributed by atoms with Crippen LogP contribution in [-0.2, 0) is 0 Å². The topological polar surface area (TPSA) is 46.2 Å². The standard InChI is InChI=1S/C12H23NO/c1-11(7-12(11,8-13)9-14)10-5-3-2-4-6-10/h10,14H,2-9,13H2,1H3. The van der Waals surface area contributed by atoms with Gasteiger partial charge < -0.3 is 10.8 Å². The minimum atomic E-state index is 0.0784. The minimum absolute atomic E-state index is 0.0784. The zero-order chi connectivity index (χ0) is 10.2. The first kappa shape index (κ1) is 10.4. The number of hydrogen-bond donors (Lipinski definition) is 2. The number of aliphatic hydroxyl groups excluding tert-OH is 1. The van der Waals surface area contributed by atoms with Crippen molar-refractivity contribution in [3.63, 3.8) is 0 Å². The first-order chi connectivity index (χ1) is 6.68. The summed E-state index contributed by atoms with van der Waals surface area (Å²) in [5, 5.41) is 9.44. The van der Waals surface area contributed by atoms with Gasteiger partial charge in [-0.3, -0.25) is 0 Å². The number of rotatable bonds is 3. The van der Waals surface area contributed by atoms with Gasteiger partial charge in [0.25, 0.3) is 0 Å². The van der Waals surface area contributed by atoms with Gasteiger partial charge >= 0.3 is 0 Å². The van der Waals surface area contributed by atoms with Crippen LogP contribution in [0.2, 0.25) is 0 Å². The van der Waals surface area contributed by atoms with E-state index in [1.165, 1.54) is 32.1 Å². The van der Waals surface area contributed by atoms with E-state index >= 15 is 0 Å². The summed E-state index contributed by atoms with van der Waals surface area (Å²) in [6.45, 7) is 3.29. The molecule has 0 aromatic carbocycles. The zero-order valence-corrected chi connectivity index (χ0v) is 9.26. The predicted molar refractivity (Wildman–Crippen MR) is 57.9 cm³/mol. The van der Waals surface area contributed by atoms with Gasteiger partial charge in [-0.15, -0.1) is 0 Å². The van der Waals surface area contributed by atoms with Gasteiger partial charge in [-0.25, -0.2) is 0 Å². The fourth-order valence-corrected chi connectivity index (χ4v) is 3.58. The van der Waals surface area contributed by atoms with E-state index in [4.69, 9.17) is 5.73 Å². The Labute approximate surface area is 86.9 Å². The van der Waals surface area contributed by atoms with Crippen LogP contribution in [0.5, 0.6) is 0 Å². The third kappa shape index (κ3) is 1.31. The highest BCUT2D eigenvalue weighted by atomic mass is 16.3. The lowest BCUT2D eigenvalue weighted by Gasteiger charge is -2.31. The summed E-state index contributed by atoms with van der Waals surface area (Å²) in [5.74, 6) is 0.826. The highest BCUT2D eigenvalue weighted by Gasteiger charge is 2.65. The van der Waals surface area contributed by atoms with E-state index in [2.05, 4.69) is 6.92 Å². The van der Waals surface area contributed by atoms with Gasteiger partial charge in [-0.05, 0) is 30.6 Å². The molecule has 2 fully saturated rings. The summed E-state index contributed by atoms with van der Waals surface area (Å²) < 4.78 is 0. The first-order valence-electron chi connectivity index (χ1n) is 5.99. The normalized spacial score (nSPS) is 43.9. The maximum atomic E-state index is 9.44. The summed E-state index contributed by atoms with van der Waals surface area (Å²) in [4.78, 5) is 0. The van der Waals surface area contributed by atoms with Crippen LogP contribution >= 0.6 is 0 Å². The predicted octanol–water partition coefficient (Wildman–Crippen LogP) is 1.91. The van der Waals surface area contributed by atoms with Crippen LogP contribution in [0.1, 0.15) is 45.4 Å². The molecule has 2 atom stereocenters. The van der Waals surface area contributed by atoms with E-state index in [0.717, 1.165) is 12.3 Å². The Kier molecular flexibility index (Phi) is 2.61. The van der Waals surface area contributed by atoms with Crippen LogP contribution < -0.4 is 5.73 Å². The molecule has 0 bridgehead atoms. The molecule has 0 saturated heterocycles. The fraction of sp³-hybridized carbons (Fsp3) is 1.00. The average molecular weight is 197 g/mol. The molecule has 2 nitrogen and oxygen atoms in total. The van der Waals surface area contributed by atoms with Gasteiger partial charge in [0.15, 0.2) is 0 Å². The Hall–Kier alpha value is -0.0800. The molecule has 0 aromatic rings. The minimum Gasteiger partial charge on any atom is -0.396 e. The summed E-state index contributed by atoms with van der Waals surface area (Å²) in [6.07, 6.45) is 8.04. The van der Waals surface area contributed by atoms with E-state index in [9.17, 15) is 5.11 Å². The van der Waals surface area contributed by atoms with E-state index < -0.39 is 0 Å². The maximum Gasteiger partial charge on any atom is 0.0505 e. The van der Waals surface area contributed by atoms with Gasteiger partial charge in [-0.2, -0.15) is 0 Å². The maximum absolute atomic E-state index is 9.44. The van der Waals surface area contributed by atoms with E-state index in [0.29, 0.717) is 12.0 Å². The van der Waals surface area contributed by atoms with E-state index in [1.807, 2.05) is 0 Å². The van der Waals surface area contributed by atoms with Crippen LogP contribution in [0.3, 0.4) is 0 Å². The van der Waals surface area contributed by atoms with Crippen molar-refractivity contribution in [2.75, 3.05) is 13.2 Å². The Morgan fingerprint density at radius 3 is 2.36 bits per heavy atom. The van der Waals surface area contributed by atoms with E-state index in [1.54, 1.807) is 0 Å². The van der Waals surface area contributed by atoms with Crippen molar-refractivity contribution in [1.82, 2.24) is 0 Å². The van der Waals surface area contributed by atoms with Gasteiger partial charge in [0, 0.05) is 12.0 Å². The molecule has 2 heteroatoms. The zero-order valence-electron chi connectivity index (χ0n) is 9.26. The summed E-state index contributed by atoms with van der Waals surface area (Å²) >= 11 is 0. The van der Waals surface area contributed by atoms with Gasteiger partial charge in [0.1, 0.15) is 0 Å². The van der Waals surface area contributed by atoms with Crippen molar-refractivity contribution >= 4 is 0 Å². The number of hydrogen-bond acceptors (Lipinski definition) is 2. The molecule has 14 heavy (non-hydrogen) atoms. The van der Waals surface area contributed by atoms with Crippen molar-refractivity contribution in [3.05, 3.63) is 0 Å². The summed E-state index contributed by atoms with van der Waals surface area (Å²) in [6, 6.07) is 0. The van der Waals surface area contributed by atoms with Gasteiger partial charge in [0.2, 0.25) is 0 Å². The molecule has 0 heterocycles. The molecule has 2 rings (SSSR count). The monoisotopic (exact) mass is 197 g/mol. The average Bonchev–Trinajstić information content (AvgIpc) is 2.88. The molecule has 3 N–H and O–H groups in total. The van der Waals surface area contributed by atoms with Gasteiger partial charge in [0.05, 0.1) is 6.61 Å². The molecule has 0 radical (unpaired) electrons. The molecule has 82 valence electrons. The first-order valence-corrected chi connectivity index (χ1v) is 5.99. The van der Waals surface area contributed by atoms with Crippen LogP contribution in [0.15, 0.2) is 0 Å². The van der Waals surface area contributed by atoms with Crippen LogP contribution in [0, 0.1) is 16.7 Å². The SMILES string of the molecule is CC1(C2CCCCC2)CC1(CN)CO. The number of aliphatic hydroxyl groups is 1. The molecule has 0 aromatic heterocycles. The second-order valence-electron chi connectivity index (χ2n) is 5.57. The second kappa shape index (κ2) is 3.49. The highest BCUT2D eigenvalue weighted by molar-refractivity contribution is 5.15. The molecular formula is C12H23NO. The summed E-state index contributed by atoms with van der Waals surface area (Å²) in [7, 11) is 0. The van der Waals surface area contributed by atoms with Crippen LogP contribution in [0.25, 0.3) is 0 Å². The van der Waals surface area contributed by atoms with Crippen molar-refractivity contribution in [2.24, 2.45) is 22.5 Å². The van der Waals surface area contributed by atoms with Gasteiger partial charge in [-0.1, -0.05) is 26.2 Å². The van der Waals surface area contributed by atoms with Crippen molar-refractivity contribution in [3.8, 4) is 0 Å². The Balaban J connectivity index is 2.03. The smallest absolute Gasteiger partial charge is 0.0505 e. The van der Waals surface area contributed by atoms with Crippen molar-refractivity contribution in [2.45, 2.75) is 45.4 Å². The Morgan fingerprint density at radius 2 is 1.93 bits per heavy atom. The molecule has 2 unspecified atom stereocenters. The lowest BCUT2D eigenvalue weighted by Crippen LogP contribution is -2.31. The molecule has 2 aliphatic rings. The van der Waals surface area contributed by atoms with Crippen LogP contribution in [0.4, 0.5) is 0 Å². The Bertz CT molecular complexity index is 206. The van der Waals surface area contributed by atoms with Crippen LogP contribution in [-0.4, -0.2) is 18.3 Å².